The first-order chi connectivity index (χ1) is 9.54. The Morgan fingerprint density at radius 1 is 0.950 bits per heavy atom. The minimum Gasteiger partial charge on any atom is -0.388 e. The molecular weight excluding hydrogens is 317 g/mol. The van der Waals surface area contributed by atoms with Crippen molar-refractivity contribution in [3.05, 3.63) is 68.7 Å². The summed E-state index contributed by atoms with van der Waals surface area (Å²) in [6.45, 7) is 0.244. The third-order valence-corrected chi connectivity index (χ3v) is 4.13. The second-order valence-electron chi connectivity index (χ2n) is 4.47. The van der Waals surface area contributed by atoms with E-state index in [1.807, 2.05) is 12.1 Å². The van der Waals surface area contributed by atoms with Gasteiger partial charge in [-0.15, -0.1) is 0 Å². The Bertz CT molecular complexity index is 603. The summed E-state index contributed by atoms with van der Waals surface area (Å²) in [7, 11) is 0. The van der Waals surface area contributed by atoms with Gasteiger partial charge in [0.15, 0.2) is 0 Å². The summed E-state index contributed by atoms with van der Waals surface area (Å²) in [5, 5.41) is 12.1. The first-order valence-electron chi connectivity index (χ1n) is 6.12. The molecule has 0 radical (unpaired) electrons. The second-order valence-corrected chi connectivity index (χ2v) is 5.73. The van der Waals surface area contributed by atoms with Gasteiger partial charge in [0, 0.05) is 27.5 Å². The van der Waals surface area contributed by atoms with Gasteiger partial charge >= 0.3 is 0 Å². The van der Waals surface area contributed by atoms with Gasteiger partial charge in [-0.2, -0.15) is 0 Å². The summed E-state index contributed by atoms with van der Waals surface area (Å²) in [6, 6.07) is 12.3. The predicted octanol–water partition coefficient (Wildman–Crippen LogP) is 4.42. The Morgan fingerprint density at radius 3 is 2.25 bits per heavy atom. The van der Waals surface area contributed by atoms with Gasteiger partial charge in [0.2, 0.25) is 0 Å². The van der Waals surface area contributed by atoms with Crippen LogP contribution in [0.15, 0.2) is 42.5 Å². The molecule has 2 unspecified atom stereocenters. The lowest BCUT2D eigenvalue weighted by Gasteiger charge is -2.24. The molecule has 0 heterocycles. The first kappa shape index (κ1) is 15.6. The van der Waals surface area contributed by atoms with E-state index in [2.05, 4.69) is 0 Å². The van der Waals surface area contributed by atoms with Crippen molar-refractivity contribution in [2.75, 3.05) is 6.54 Å². The van der Waals surface area contributed by atoms with Crippen LogP contribution in [-0.4, -0.2) is 11.7 Å². The van der Waals surface area contributed by atoms with Gasteiger partial charge in [-0.1, -0.05) is 59.1 Å². The van der Waals surface area contributed by atoms with Crippen LogP contribution < -0.4 is 5.73 Å². The Balaban J connectivity index is 2.39. The standard InChI is InChI=1S/C15H14Cl3NO/c16-9-5-6-10(14(18)7-9)12(8-19)15(20)11-3-1-2-4-13(11)17/h1-7,12,15,20H,8,19H2. The van der Waals surface area contributed by atoms with Crippen LogP contribution in [0.3, 0.4) is 0 Å². The number of rotatable bonds is 4. The number of hydrogen-bond donors (Lipinski definition) is 2. The van der Waals surface area contributed by atoms with Gasteiger partial charge in [-0.05, 0) is 29.3 Å². The molecule has 0 aliphatic heterocycles. The van der Waals surface area contributed by atoms with Crippen molar-refractivity contribution in [2.24, 2.45) is 5.73 Å². The normalized spacial score (nSPS) is 14.1. The first-order valence-corrected chi connectivity index (χ1v) is 7.25. The summed E-state index contributed by atoms with van der Waals surface area (Å²) in [6.07, 6.45) is -0.827. The number of aliphatic hydroxyl groups is 1. The fraction of sp³-hybridized carbons (Fsp3) is 0.200. The summed E-state index contributed by atoms with van der Waals surface area (Å²) < 4.78 is 0. The van der Waals surface area contributed by atoms with Crippen LogP contribution in [0.5, 0.6) is 0 Å². The lowest BCUT2D eigenvalue weighted by molar-refractivity contribution is 0.147. The zero-order valence-corrected chi connectivity index (χ0v) is 12.8. The number of hydrogen-bond acceptors (Lipinski definition) is 2. The fourth-order valence-electron chi connectivity index (χ4n) is 2.16. The zero-order chi connectivity index (χ0) is 14.7. The van der Waals surface area contributed by atoms with Gasteiger partial charge in [0.05, 0.1) is 6.10 Å². The Morgan fingerprint density at radius 2 is 1.65 bits per heavy atom. The maximum Gasteiger partial charge on any atom is 0.0885 e. The quantitative estimate of drug-likeness (QED) is 0.871. The molecule has 2 rings (SSSR count). The predicted molar refractivity (Wildman–Crippen MR) is 84.7 cm³/mol. The lowest BCUT2D eigenvalue weighted by atomic mass is 9.89. The van der Waals surface area contributed by atoms with Crippen LogP contribution >= 0.6 is 34.8 Å². The minimum atomic E-state index is -0.827. The highest BCUT2D eigenvalue weighted by Crippen LogP contribution is 2.37. The van der Waals surface area contributed by atoms with Crippen molar-refractivity contribution < 1.29 is 5.11 Å². The molecule has 0 aromatic heterocycles. The number of nitrogens with two attached hydrogens (primary N) is 1. The van der Waals surface area contributed by atoms with Crippen LogP contribution in [0.25, 0.3) is 0 Å². The summed E-state index contributed by atoms with van der Waals surface area (Å²) in [5.41, 5.74) is 7.20. The monoisotopic (exact) mass is 329 g/mol. The van der Waals surface area contributed by atoms with Crippen molar-refractivity contribution in [1.82, 2.24) is 0 Å². The van der Waals surface area contributed by atoms with Crippen molar-refractivity contribution >= 4 is 34.8 Å². The average molecular weight is 331 g/mol. The number of aliphatic hydroxyl groups excluding tert-OH is 1. The van der Waals surface area contributed by atoms with Gasteiger partial charge < -0.3 is 10.8 Å². The van der Waals surface area contributed by atoms with Crippen LogP contribution in [0.4, 0.5) is 0 Å². The molecule has 0 saturated heterocycles. The highest BCUT2D eigenvalue weighted by molar-refractivity contribution is 6.35. The Kier molecular flexibility index (Phi) is 5.30. The molecule has 0 aliphatic carbocycles. The molecule has 0 saturated carbocycles. The Hall–Kier alpha value is -0.770. The summed E-state index contributed by atoms with van der Waals surface area (Å²) >= 11 is 18.2. The maximum atomic E-state index is 10.6. The smallest absolute Gasteiger partial charge is 0.0885 e. The van der Waals surface area contributed by atoms with Gasteiger partial charge in [0.25, 0.3) is 0 Å². The molecule has 2 nitrogen and oxygen atoms in total. The van der Waals surface area contributed by atoms with E-state index < -0.39 is 6.10 Å². The topological polar surface area (TPSA) is 46.2 Å². The van der Waals surface area contributed by atoms with Crippen LogP contribution in [0.2, 0.25) is 15.1 Å². The van der Waals surface area contributed by atoms with Crippen molar-refractivity contribution in [3.8, 4) is 0 Å². The van der Waals surface area contributed by atoms with Crippen LogP contribution in [-0.2, 0) is 0 Å². The van der Waals surface area contributed by atoms with Gasteiger partial charge in [-0.3, -0.25) is 0 Å². The van der Waals surface area contributed by atoms with E-state index in [4.69, 9.17) is 40.5 Å². The molecule has 5 heteroatoms. The number of benzene rings is 2. The van der Waals surface area contributed by atoms with Crippen molar-refractivity contribution in [1.29, 1.82) is 0 Å². The molecule has 20 heavy (non-hydrogen) atoms. The summed E-state index contributed by atoms with van der Waals surface area (Å²) in [4.78, 5) is 0. The maximum absolute atomic E-state index is 10.6. The molecule has 2 aromatic carbocycles. The van der Waals surface area contributed by atoms with Crippen LogP contribution in [0, 0.1) is 0 Å². The highest BCUT2D eigenvalue weighted by Gasteiger charge is 2.25. The Labute approximate surface area is 133 Å². The van der Waals surface area contributed by atoms with Gasteiger partial charge in [-0.25, -0.2) is 0 Å². The lowest BCUT2D eigenvalue weighted by Crippen LogP contribution is -2.20. The molecule has 2 atom stereocenters. The van der Waals surface area contributed by atoms with Gasteiger partial charge in [0.1, 0.15) is 0 Å². The molecule has 0 fully saturated rings. The molecule has 0 amide bonds. The van der Waals surface area contributed by atoms with Crippen LogP contribution in [0.1, 0.15) is 23.1 Å². The average Bonchev–Trinajstić information content (AvgIpc) is 2.42. The number of halogens is 3. The second kappa shape index (κ2) is 6.79. The van der Waals surface area contributed by atoms with E-state index in [1.165, 1.54) is 0 Å². The van der Waals surface area contributed by atoms with Crippen molar-refractivity contribution in [2.45, 2.75) is 12.0 Å². The largest absolute Gasteiger partial charge is 0.388 e. The zero-order valence-electron chi connectivity index (χ0n) is 10.6. The molecular formula is C15H14Cl3NO. The van der Waals surface area contributed by atoms with Crippen molar-refractivity contribution in [3.63, 3.8) is 0 Å². The molecule has 2 aromatic rings. The van der Waals surface area contributed by atoms with E-state index >= 15 is 0 Å². The van der Waals surface area contributed by atoms with E-state index in [1.54, 1.807) is 30.3 Å². The third kappa shape index (κ3) is 3.27. The SMILES string of the molecule is NCC(c1ccc(Cl)cc1Cl)C(O)c1ccccc1Cl. The molecule has 0 spiro atoms. The highest BCUT2D eigenvalue weighted by atomic mass is 35.5. The van der Waals surface area contributed by atoms with E-state index in [0.29, 0.717) is 20.6 Å². The van der Waals surface area contributed by atoms with E-state index in [-0.39, 0.29) is 12.5 Å². The minimum absolute atomic E-state index is 0.244. The molecule has 0 aliphatic rings. The molecule has 106 valence electrons. The van der Waals surface area contributed by atoms with E-state index in [0.717, 1.165) is 5.56 Å². The van der Waals surface area contributed by atoms with E-state index in [9.17, 15) is 5.11 Å². The summed E-state index contributed by atoms with van der Waals surface area (Å²) in [5.74, 6) is -0.348. The third-order valence-electron chi connectivity index (χ3n) is 3.22. The fourth-order valence-corrected chi connectivity index (χ4v) is 2.96. The molecule has 0 bridgehead atoms. The molecule has 3 N–H and O–H groups in total.